The molecule has 1 atom stereocenters. The van der Waals surface area contributed by atoms with Crippen LogP contribution in [0.4, 0.5) is 0 Å². The van der Waals surface area contributed by atoms with Gasteiger partial charge in [0.1, 0.15) is 6.04 Å². The van der Waals surface area contributed by atoms with Crippen molar-refractivity contribution in [2.24, 2.45) is 0 Å². The highest BCUT2D eigenvalue weighted by Crippen LogP contribution is 2.27. The van der Waals surface area contributed by atoms with E-state index in [2.05, 4.69) is 5.32 Å². The Morgan fingerprint density at radius 1 is 1.42 bits per heavy atom. The smallest absolute Gasteiger partial charge is 0.325 e. The number of nitrogens with one attached hydrogen (secondary N) is 1. The van der Waals surface area contributed by atoms with Crippen LogP contribution in [0.1, 0.15) is 19.8 Å². The lowest BCUT2D eigenvalue weighted by Crippen LogP contribution is -2.54. The Bertz CT molecular complexity index is 394. The molecular formula is C12H19N3O4. The Morgan fingerprint density at radius 3 is 2.63 bits per heavy atom. The van der Waals surface area contributed by atoms with Gasteiger partial charge >= 0.3 is 5.97 Å². The van der Waals surface area contributed by atoms with Gasteiger partial charge in [-0.25, -0.2) is 0 Å². The summed E-state index contributed by atoms with van der Waals surface area (Å²) in [5, 5.41) is 11.1. The van der Waals surface area contributed by atoms with E-state index in [1.165, 1.54) is 6.92 Å². The van der Waals surface area contributed by atoms with Crippen molar-refractivity contribution in [1.29, 1.82) is 0 Å². The lowest BCUT2D eigenvalue weighted by molar-refractivity contribution is -0.142. The fourth-order valence-corrected chi connectivity index (χ4v) is 2.19. The van der Waals surface area contributed by atoms with E-state index in [9.17, 15) is 14.4 Å². The number of carbonyl (C=O) groups excluding carboxylic acids is 2. The summed E-state index contributed by atoms with van der Waals surface area (Å²) < 4.78 is 0. The number of nitrogens with zero attached hydrogens (tertiary/aromatic N) is 2. The molecule has 2 N–H and O–H groups in total. The minimum absolute atomic E-state index is 0.0628. The van der Waals surface area contributed by atoms with E-state index >= 15 is 0 Å². The summed E-state index contributed by atoms with van der Waals surface area (Å²) in [7, 11) is 0. The maximum atomic E-state index is 11.9. The zero-order valence-corrected chi connectivity index (χ0v) is 11.0. The standard InChI is InChI=1S/C12H19N3O4/c1-8(12(18)19)13-10(16)6-14-4-5-15(9-2-3-9)11(17)7-14/h8-9H,2-7H2,1H3,(H,13,16)(H,18,19)/t8-/m0/s1. The molecule has 1 aliphatic heterocycles. The van der Waals surface area contributed by atoms with Crippen LogP contribution in [-0.4, -0.2) is 71.0 Å². The number of carbonyl (C=O) groups is 3. The molecule has 0 aromatic carbocycles. The third-order valence-electron chi connectivity index (χ3n) is 3.44. The molecule has 0 spiro atoms. The molecule has 0 unspecified atom stereocenters. The molecule has 1 heterocycles. The molecule has 19 heavy (non-hydrogen) atoms. The molecule has 1 saturated carbocycles. The third-order valence-corrected chi connectivity index (χ3v) is 3.44. The molecule has 2 amide bonds. The van der Waals surface area contributed by atoms with Crippen LogP contribution in [0.15, 0.2) is 0 Å². The van der Waals surface area contributed by atoms with Crippen LogP contribution < -0.4 is 5.32 Å². The number of hydrogen-bond acceptors (Lipinski definition) is 4. The van der Waals surface area contributed by atoms with E-state index in [0.717, 1.165) is 12.8 Å². The summed E-state index contributed by atoms with van der Waals surface area (Å²) in [6, 6.07) is -0.494. The molecule has 2 aliphatic rings. The number of aliphatic carboxylic acids is 1. The quantitative estimate of drug-likeness (QED) is 0.660. The molecule has 0 radical (unpaired) electrons. The molecule has 7 nitrogen and oxygen atoms in total. The van der Waals surface area contributed by atoms with Gasteiger partial charge in [-0.15, -0.1) is 0 Å². The fraction of sp³-hybridized carbons (Fsp3) is 0.750. The second-order valence-electron chi connectivity index (χ2n) is 5.16. The third kappa shape index (κ3) is 3.66. The second kappa shape index (κ2) is 5.56. The summed E-state index contributed by atoms with van der Waals surface area (Å²) in [6.45, 7) is 3.05. The van der Waals surface area contributed by atoms with Gasteiger partial charge < -0.3 is 15.3 Å². The first-order valence-corrected chi connectivity index (χ1v) is 6.51. The first-order chi connectivity index (χ1) is 8.97. The number of piperazine rings is 1. The highest BCUT2D eigenvalue weighted by Gasteiger charge is 2.35. The molecule has 7 heteroatoms. The Morgan fingerprint density at radius 2 is 2.11 bits per heavy atom. The van der Waals surface area contributed by atoms with E-state index in [0.29, 0.717) is 19.1 Å². The molecule has 0 bridgehead atoms. The van der Waals surface area contributed by atoms with E-state index in [-0.39, 0.29) is 24.9 Å². The van der Waals surface area contributed by atoms with Crippen molar-refractivity contribution in [2.45, 2.75) is 31.8 Å². The summed E-state index contributed by atoms with van der Waals surface area (Å²) in [4.78, 5) is 37.7. The predicted molar refractivity (Wildman–Crippen MR) is 66.4 cm³/mol. The molecule has 2 fully saturated rings. The van der Waals surface area contributed by atoms with Gasteiger partial charge in [0.25, 0.3) is 0 Å². The van der Waals surface area contributed by atoms with Crippen LogP contribution in [0.25, 0.3) is 0 Å². The Hall–Kier alpha value is -1.63. The summed E-state index contributed by atoms with van der Waals surface area (Å²) in [6.07, 6.45) is 2.17. The van der Waals surface area contributed by atoms with Gasteiger partial charge in [-0.1, -0.05) is 0 Å². The number of amides is 2. The van der Waals surface area contributed by atoms with Gasteiger partial charge in [0.2, 0.25) is 11.8 Å². The maximum Gasteiger partial charge on any atom is 0.325 e. The van der Waals surface area contributed by atoms with Crippen LogP contribution in [-0.2, 0) is 14.4 Å². The molecule has 1 saturated heterocycles. The van der Waals surface area contributed by atoms with Crippen molar-refractivity contribution in [3.05, 3.63) is 0 Å². The van der Waals surface area contributed by atoms with Crippen LogP contribution in [0, 0.1) is 0 Å². The summed E-state index contributed by atoms with van der Waals surface area (Å²) >= 11 is 0. The minimum Gasteiger partial charge on any atom is -0.480 e. The summed E-state index contributed by atoms with van der Waals surface area (Å²) in [5.41, 5.74) is 0. The van der Waals surface area contributed by atoms with E-state index in [1.807, 2.05) is 4.90 Å². The lowest BCUT2D eigenvalue weighted by Gasteiger charge is -2.34. The molecular weight excluding hydrogens is 250 g/mol. The van der Waals surface area contributed by atoms with Crippen molar-refractivity contribution >= 4 is 17.8 Å². The van der Waals surface area contributed by atoms with Crippen LogP contribution in [0.2, 0.25) is 0 Å². The number of carboxylic acids is 1. The van der Waals surface area contributed by atoms with Gasteiger partial charge in [-0.3, -0.25) is 19.3 Å². The SMILES string of the molecule is C[C@H](NC(=O)CN1CCN(C2CC2)C(=O)C1)C(=O)O. The normalized spacial score (nSPS) is 22.2. The van der Waals surface area contributed by atoms with Crippen molar-refractivity contribution in [3.8, 4) is 0 Å². The zero-order chi connectivity index (χ0) is 14.0. The van der Waals surface area contributed by atoms with Gasteiger partial charge in [-0.2, -0.15) is 0 Å². The summed E-state index contributed by atoms with van der Waals surface area (Å²) in [5.74, 6) is -1.36. The minimum atomic E-state index is -1.07. The maximum absolute atomic E-state index is 11.9. The molecule has 2 rings (SSSR count). The first kappa shape index (κ1) is 13.8. The Balaban J connectivity index is 1.76. The van der Waals surface area contributed by atoms with Gasteiger partial charge in [-0.05, 0) is 19.8 Å². The monoisotopic (exact) mass is 269 g/mol. The van der Waals surface area contributed by atoms with Crippen molar-refractivity contribution in [2.75, 3.05) is 26.2 Å². The highest BCUT2D eigenvalue weighted by atomic mass is 16.4. The van der Waals surface area contributed by atoms with Crippen LogP contribution in [0.3, 0.4) is 0 Å². The Labute approximate surface area is 111 Å². The fourth-order valence-electron chi connectivity index (χ4n) is 2.19. The average Bonchev–Trinajstić information content (AvgIpc) is 3.12. The van der Waals surface area contributed by atoms with Gasteiger partial charge in [0.05, 0.1) is 13.1 Å². The Kier molecular flexibility index (Phi) is 4.04. The number of carboxylic acid groups (broad SMARTS) is 1. The molecule has 1 aliphatic carbocycles. The predicted octanol–water partition coefficient (Wildman–Crippen LogP) is -1.12. The van der Waals surface area contributed by atoms with E-state index in [1.54, 1.807) is 4.90 Å². The zero-order valence-electron chi connectivity index (χ0n) is 11.0. The van der Waals surface area contributed by atoms with Crippen LogP contribution >= 0.6 is 0 Å². The van der Waals surface area contributed by atoms with Crippen molar-refractivity contribution < 1.29 is 19.5 Å². The van der Waals surface area contributed by atoms with Crippen molar-refractivity contribution in [3.63, 3.8) is 0 Å². The highest BCUT2D eigenvalue weighted by molar-refractivity contribution is 5.85. The molecule has 0 aromatic heterocycles. The number of hydrogen-bond donors (Lipinski definition) is 2. The lowest BCUT2D eigenvalue weighted by atomic mass is 10.3. The van der Waals surface area contributed by atoms with Gasteiger partial charge in [0, 0.05) is 19.1 Å². The van der Waals surface area contributed by atoms with Crippen LogP contribution in [0.5, 0.6) is 0 Å². The van der Waals surface area contributed by atoms with Gasteiger partial charge in [0.15, 0.2) is 0 Å². The molecule has 0 aromatic rings. The van der Waals surface area contributed by atoms with E-state index in [4.69, 9.17) is 5.11 Å². The molecule has 106 valence electrons. The van der Waals surface area contributed by atoms with E-state index < -0.39 is 12.0 Å². The largest absolute Gasteiger partial charge is 0.480 e. The first-order valence-electron chi connectivity index (χ1n) is 6.51. The number of rotatable bonds is 5. The average molecular weight is 269 g/mol. The van der Waals surface area contributed by atoms with Crippen molar-refractivity contribution in [1.82, 2.24) is 15.1 Å². The topological polar surface area (TPSA) is 90.0 Å². The second-order valence-corrected chi connectivity index (χ2v) is 5.16.